The molecule has 1 aromatic carbocycles. The Balaban J connectivity index is -0.0000000725. The Morgan fingerprint density at radius 3 is 1.50 bits per heavy atom. The van der Waals surface area contributed by atoms with E-state index in [4.69, 9.17) is 10.1 Å². The van der Waals surface area contributed by atoms with Crippen LogP contribution >= 0.6 is 0 Å². The first-order valence-electron chi connectivity index (χ1n) is 15.4. The molecule has 0 atom stereocenters. The summed E-state index contributed by atoms with van der Waals surface area (Å²) < 4.78 is 5.63. The lowest BCUT2D eigenvalue weighted by atomic mass is 9.85. The smallest absolute Gasteiger partial charge is 0.131 e. The van der Waals surface area contributed by atoms with Crippen LogP contribution in [0.2, 0.25) is 0 Å². The summed E-state index contributed by atoms with van der Waals surface area (Å²) in [7, 11) is 0. The third-order valence-corrected chi connectivity index (χ3v) is 3.32. The minimum absolute atomic E-state index is 0.0452. The van der Waals surface area contributed by atoms with Crippen molar-refractivity contribution in [3.8, 4) is 5.75 Å². The fraction of sp³-hybridized carbons (Fsp3) is 0.639. The summed E-state index contributed by atoms with van der Waals surface area (Å²) in [6.45, 7) is 39.6. The molecule has 0 unspecified atom stereocenters. The lowest BCUT2D eigenvalue weighted by molar-refractivity contribution is 0.329. The Hall–Kier alpha value is -2.09. The lowest BCUT2D eigenvalue weighted by Crippen LogP contribution is -2.14. The number of benzene rings is 1. The van der Waals surface area contributed by atoms with E-state index in [1.54, 1.807) is 0 Å². The van der Waals surface area contributed by atoms with Crippen molar-refractivity contribution < 1.29 is 4.74 Å². The first-order chi connectivity index (χ1) is 18.2. The van der Waals surface area contributed by atoms with Gasteiger partial charge in [0.2, 0.25) is 0 Å². The average Bonchev–Trinajstić information content (AvgIpc) is 2.94. The van der Waals surface area contributed by atoms with E-state index in [-0.39, 0.29) is 5.41 Å². The highest BCUT2D eigenvalue weighted by Gasteiger charge is 2.20. The normalized spacial score (nSPS) is 9.16. The van der Waals surface area contributed by atoms with Gasteiger partial charge in [-0.15, -0.1) is 0 Å². The Kier molecular flexibility index (Phi) is 66.2. The van der Waals surface area contributed by atoms with Crippen molar-refractivity contribution in [1.82, 2.24) is 0 Å². The van der Waals surface area contributed by atoms with E-state index < -0.39 is 0 Å². The van der Waals surface area contributed by atoms with Crippen LogP contribution in [0.4, 0.5) is 0 Å². The third kappa shape index (κ3) is 41.1. The standard InChI is InChI=1S/C13H19NO.C10H16.C3H8.5C2H6/c1-5-15-12-10(9-14)7-6-8-11(12)13(2,3)4;1-4-5-6-7-8-9-10(2)3;1-3-2;5*1-2/h6-9,14H,5H2,1-4H3;4-10H,1-3H3;3H2,1-2H3;5*1-2H3/b;5-4-,7-6-,9-8-;;;;;;. The molecule has 0 aliphatic carbocycles. The van der Waals surface area contributed by atoms with E-state index in [0.29, 0.717) is 12.5 Å². The molecule has 0 bridgehead atoms. The highest BCUT2D eigenvalue weighted by Crippen LogP contribution is 2.33. The number of rotatable bonds is 6. The SMILES string of the molecule is CC.CC.CC.CC.CC.CCC.CCOc1c(C=N)cccc1C(C)(C)C.C\C=C/C=C\C=C/C(C)C. The summed E-state index contributed by atoms with van der Waals surface area (Å²) in [5.74, 6) is 1.50. The van der Waals surface area contributed by atoms with Crippen LogP contribution in [0.5, 0.6) is 5.75 Å². The van der Waals surface area contributed by atoms with Gasteiger partial charge in [-0.2, -0.15) is 0 Å². The third-order valence-electron chi connectivity index (χ3n) is 3.32. The molecule has 0 saturated carbocycles. The fourth-order valence-corrected chi connectivity index (χ4v) is 2.09. The minimum atomic E-state index is 0.0452. The zero-order chi connectivity index (χ0) is 32.0. The van der Waals surface area contributed by atoms with E-state index >= 15 is 0 Å². The monoisotopic (exact) mass is 536 g/mol. The molecule has 1 aromatic rings. The summed E-state index contributed by atoms with van der Waals surface area (Å²) in [5.41, 5.74) is 2.05. The maximum Gasteiger partial charge on any atom is 0.131 e. The van der Waals surface area contributed by atoms with Gasteiger partial charge in [-0.05, 0) is 31.2 Å². The summed E-state index contributed by atoms with van der Waals surface area (Å²) in [4.78, 5) is 0. The van der Waals surface area contributed by atoms with E-state index in [9.17, 15) is 0 Å². The maximum atomic E-state index is 7.36. The quantitative estimate of drug-likeness (QED) is 0.285. The number of para-hydroxylation sites is 1. The molecule has 38 heavy (non-hydrogen) atoms. The molecule has 228 valence electrons. The zero-order valence-electron chi connectivity index (χ0n) is 29.7. The molecule has 0 heterocycles. The number of hydrogen-bond donors (Lipinski definition) is 1. The van der Waals surface area contributed by atoms with Gasteiger partial charge >= 0.3 is 0 Å². The van der Waals surface area contributed by atoms with Crippen LogP contribution in [-0.4, -0.2) is 12.8 Å². The molecular weight excluding hydrogens is 462 g/mol. The van der Waals surface area contributed by atoms with Crippen molar-refractivity contribution in [2.24, 2.45) is 5.92 Å². The molecule has 0 radical (unpaired) electrons. The van der Waals surface area contributed by atoms with Gasteiger partial charge in [0.25, 0.3) is 0 Å². The van der Waals surface area contributed by atoms with E-state index in [1.165, 1.54) is 12.6 Å². The molecule has 0 spiro atoms. The van der Waals surface area contributed by atoms with Crippen LogP contribution in [0.25, 0.3) is 0 Å². The van der Waals surface area contributed by atoms with Crippen molar-refractivity contribution in [3.05, 3.63) is 65.8 Å². The van der Waals surface area contributed by atoms with Crippen LogP contribution in [0.1, 0.15) is 149 Å². The molecule has 0 aromatic heterocycles. The molecule has 2 heteroatoms. The van der Waals surface area contributed by atoms with Crippen LogP contribution in [0, 0.1) is 11.3 Å². The number of hydrogen-bond acceptors (Lipinski definition) is 2. The van der Waals surface area contributed by atoms with E-state index in [2.05, 4.69) is 66.7 Å². The van der Waals surface area contributed by atoms with Crippen LogP contribution in [0.15, 0.2) is 54.7 Å². The van der Waals surface area contributed by atoms with Crippen LogP contribution in [-0.2, 0) is 5.41 Å². The van der Waals surface area contributed by atoms with Gasteiger partial charge in [0.05, 0.1) is 6.61 Å². The number of allylic oxidation sites excluding steroid dienone is 6. The Bertz CT molecular complexity index is 602. The maximum absolute atomic E-state index is 7.36. The molecule has 0 aliphatic rings. The second-order valence-electron chi connectivity index (χ2n) is 7.80. The summed E-state index contributed by atoms with van der Waals surface area (Å²) in [6, 6.07) is 5.95. The highest BCUT2D eigenvalue weighted by atomic mass is 16.5. The lowest BCUT2D eigenvalue weighted by Gasteiger charge is -2.23. The van der Waals surface area contributed by atoms with Gasteiger partial charge in [0, 0.05) is 17.3 Å². The largest absolute Gasteiger partial charge is 0.493 e. The topological polar surface area (TPSA) is 33.1 Å². The summed E-state index contributed by atoms with van der Waals surface area (Å²) in [6.07, 6.45) is 14.9. The van der Waals surface area contributed by atoms with Gasteiger partial charge in [0.15, 0.2) is 0 Å². The van der Waals surface area contributed by atoms with Crippen molar-refractivity contribution in [3.63, 3.8) is 0 Å². The minimum Gasteiger partial charge on any atom is -0.493 e. The van der Waals surface area contributed by atoms with Gasteiger partial charge in [-0.3, -0.25) is 0 Å². The Labute approximate surface area is 243 Å². The molecule has 0 fully saturated rings. The predicted octanol–water partition coefficient (Wildman–Crippen LogP) is 13.3. The molecule has 2 nitrogen and oxygen atoms in total. The van der Waals surface area contributed by atoms with Crippen LogP contribution < -0.4 is 4.74 Å². The molecule has 1 rings (SSSR count). The second-order valence-corrected chi connectivity index (χ2v) is 7.80. The summed E-state index contributed by atoms with van der Waals surface area (Å²) >= 11 is 0. The van der Waals surface area contributed by atoms with Gasteiger partial charge < -0.3 is 10.1 Å². The average molecular weight is 536 g/mol. The van der Waals surface area contributed by atoms with Crippen molar-refractivity contribution in [2.45, 2.75) is 143 Å². The van der Waals surface area contributed by atoms with E-state index in [0.717, 1.165) is 16.9 Å². The zero-order valence-corrected chi connectivity index (χ0v) is 29.7. The Morgan fingerprint density at radius 1 is 0.763 bits per heavy atom. The molecule has 0 saturated heterocycles. The summed E-state index contributed by atoms with van der Waals surface area (Å²) in [5, 5.41) is 7.36. The van der Waals surface area contributed by atoms with Gasteiger partial charge in [0.1, 0.15) is 5.75 Å². The first-order valence-corrected chi connectivity index (χ1v) is 15.4. The Morgan fingerprint density at radius 2 is 1.18 bits per heavy atom. The van der Waals surface area contributed by atoms with Crippen molar-refractivity contribution in [2.75, 3.05) is 6.61 Å². The highest BCUT2D eigenvalue weighted by molar-refractivity contribution is 5.82. The van der Waals surface area contributed by atoms with Crippen LogP contribution in [0.3, 0.4) is 0 Å². The fourth-order valence-electron chi connectivity index (χ4n) is 2.09. The number of ether oxygens (including phenoxy) is 1. The van der Waals surface area contributed by atoms with Crippen molar-refractivity contribution in [1.29, 1.82) is 5.41 Å². The molecule has 0 aliphatic heterocycles. The van der Waals surface area contributed by atoms with Gasteiger partial charge in [-0.25, -0.2) is 0 Å². The van der Waals surface area contributed by atoms with Gasteiger partial charge in [-0.1, -0.05) is 173 Å². The second kappa shape index (κ2) is 48.0. The molecule has 0 amide bonds. The molecular formula is C36H73NO. The number of nitrogens with one attached hydrogen (secondary N) is 1. The molecule has 1 N–H and O–H groups in total. The van der Waals surface area contributed by atoms with E-state index in [1.807, 2.05) is 120 Å². The predicted molar refractivity (Wildman–Crippen MR) is 185 cm³/mol. The van der Waals surface area contributed by atoms with Crippen molar-refractivity contribution >= 4 is 6.21 Å². The first kappa shape index (κ1) is 52.4.